The Balaban J connectivity index is 2.03. The van der Waals surface area contributed by atoms with Gasteiger partial charge in [-0.1, -0.05) is 20.8 Å². The molecule has 1 aliphatic carbocycles. The van der Waals surface area contributed by atoms with Crippen molar-refractivity contribution in [3.63, 3.8) is 0 Å². The highest BCUT2D eigenvalue weighted by atomic mass is 28.3. The van der Waals surface area contributed by atoms with Crippen molar-refractivity contribution >= 4 is 9.04 Å². The molecule has 2 atom stereocenters. The van der Waals surface area contributed by atoms with Crippen molar-refractivity contribution in [2.75, 3.05) is 26.2 Å². The van der Waals surface area contributed by atoms with Gasteiger partial charge in [0.2, 0.25) is 0 Å². The molecule has 2 rings (SSSR count). The summed E-state index contributed by atoms with van der Waals surface area (Å²) in [7, 11) is -0.988. The summed E-state index contributed by atoms with van der Waals surface area (Å²) < 4.78 is 6.51. The molecule has 1 heterocycles. The minimum atomic E-state index is -0.988. The number of nitrogens with one attached hydrogen (secondary N) is 1. The molecule has 3 nitrogen and oxygen atoms in total. The van der Waals surface area contributed by atoms with Gasteiger partial charge in [0.1, 0.15) is 0 Å². The smallest absolute Gasteiger partial charge is 0.171 e. The molecule has 1 saturated heterocycles. The Hall–Kier alpha value is 0.0969. The number of piperazine rings is 1. The van der Waals surface area contributed by atoms with Gasteiger partial charge in [0.25, 0.3) is 0 Å². The maximum absolute atomic E-state index is 6.51. The number of nitrogens with zero attached hydrogens (tertiary/aromatic N) is 1. The number of hydrogen-bond acceptors (Lipinski definition) is 3. The van der Waals surface area contributed by atoms with Gasteiger partial charge in [-0.15, -0.1) is 0 Å². The zero-order valence-corrected chi connectivity index (χ0v) is 15.5. The fraction of sp³-hybridized carbons (Fsp3) is 1.00. The number of rotatable bonds is 5. The van der Waals surface area contributed by atoms with Crippen molar-refractivity contribution < 1.29 is 4.43 Å². The number of hydrogen-bond donors (Lipinski definition) is 1. The van der Waals surface area contributed by atoms with Gasteiger partial charge in [0, 0.05) is 37.6 Å². The molecule has 0 bridgehead atoms. The van der Waals surface area contributed by atoms with Crippen molar-refractivity contribution in [1.82, 2.24) is 10.2 Å². The van der Waals surface area contributed by atoms with Gasteiger partial charge in [0.05, 0.1) is 6.10 Å². The Labute approximate surface area is 127 Å². The zero-order chi connectivity index (χ0) is 15.0. The highest BCUT2D eigenvalue weighted by Crippen LogP contribution is 2.55. The van der Waals surface area contributed by atoms with E-state index in [4.69, 9.17) is 4.43 Å². The third-order valence-corrected chi connectivity index (χ3v) is 5.45. The van der Waals surface area contributed by atoms with E-state index in [-0.39, 0.29) is 5.41 Å². The Morgan fingerprint density at radius 1 is 1.35 bits per heavy atom. The molecule has 0 aromatic rings. The lowest BCUT2D eigenvalue weighted by Gasteiger charge is -2.42. The molecular weight excluding hydrogens is 264 g/mol. The maximum atomic E-state index is 6.51. The van der Waals surface area contributed by atoms with Crippen LogP contribution >= 0.6 is 0 Å². The third-order valence-electron chi connectivity index (χ3n) is 4.63. The van der Waals surface area contributed by atoms with E-state index in [0.29, 0.717) is 17.6 Å². The third kappa shape index (κ3) is 4.06. The van der Waals surface area contributed by atoms with E-state index < -0.39 is 9.04 Å². The van der Waals surface area contributed by atoms with Gasteiger partial charge < -0.3 is 9.74 Å². The first kappa shape index (κ1) is 16.5. The van der Waals surface area contributed by atoms with E-state index in [9.17, 15) is 0 Å². The summed E-state index contributed by atoms with van der Waals surface area (Å²) in [6.45, 7) is 18.7. The molecule has 0 amide bonds. The van der Waals surface area contributed by atoms with Crippen LogP contribution in [-0.4, -0.2) is 52.3 Å². The molecule has 4 heteroatoms. The van der Waals surface area contributed by atoms with E-state index >= 15 is 0 Å². The summed E-state index contributed by atoms with van der Waals surface area (Å²) in [5.41, 5.74) is 0.694. The lowest BCUT2D eigenvalue weighted by atomic mass is 9.79. The molecule has 2 unspecified atom stereocenters. The average molecular weight is 299 g/mol. The molecule has 118 valence electrons. The van der Waals surface area contributed by atoms with Gasteiger partial charge in [0.15, 0.2) is 9.04 Å². The zero-order valence-electron chi connectivity index (χ0n) is 14.3. The largest absolute Gasteiger partial charge is 0.417 e. The highest BCUT2D eigenvalue weighted by molar-refractivity contribution is 6.48. The minimum Gasteiger partial charge on any atom is -0.417 e. The fourth-order valence-electron chi connectivity index (χ4n) is 3.80. The van der Waals surface area contributed by atoms with Crippen LogP contribution in [0, 0.1) is 10.8 Å². The van der Waals surface area contributed by atoms with E-state index in [0.717, 1.165) is 6.54 Å². The lowest BCUT2D eigenvalue weighted by molar-refractivity contribution is -0.000233. The Morgan fingerprint density at radius 3 is 2.45 bits per heavy atom. The van der Waals surface area contributed by atoms with Crippen molar-refractivity contribution in [2.24, 2.45) is 10.8 Å². The molecule has 2 aliphatic rings. The van der Waals surface area contributed by atoms with Crippen LogP contribution in [0.1, 0.15) is 40.5 Å². The van der Waals surface area contributed by atoms with Crippen LogP contribution in [-0.2, 0) is 4.43 Å². The first-order chi connectivity index (χ1) is 9.23. The van der Waals surface area contributed by atoms with E-state index in [1.54, 1.807) is 0 Å². The summed E-state index contributed by atoms with van der Waals surface area (Å²) in [5.74, 6) is 0. The van der Waals surface area contributed by atoms with E-state index in [2.05, 4.69) is 51.0 Å². The highest BCUT2D eigenvalue weighted by Gasteiger charge is 2.54. The normalized spacial score (nSPS) is 28.6. The summed E-state index contributed by atoms with van der Waals surface area (Å²) in [5, 5.41) is 3.54. The first-order valence-corrected chi connectivity index (χ1v) is 11.1. The van der Waals surface area contributed by atoms with Crippen molar-refractivity contribution in [2.45, 2.75) is 65.8 Å². The van der Waals surface area contributed by atoms with Gasteiger partial charge in [-0.3, -0.25) is 4.90 Å². The Bertz CT molecular complexity index is 323. The van der Waals surface area contributed by atoms with Crippen LogP contribution in [0.25, 0.3) is 0 Å². The van der Waals surface area contributed by atoms with Gasteiger partial charge in [-0.05, 0) is 38.3 Å². The fourth-order valence-corrected chi connectivity index (χ4v) is 5.05. The van der Waals surface area contributed by atoms with Gasteiger partial charge >= 0.3 is 0 Å². The second-order valence-corrected chi connectivity index (χ2v) is 10.8. The van der Waals surface area contributed by atoms with Crippen LogP contribution < -0.4 is 5.32 Å². The van der Waals surface area contributed by atoms with Crippen LogP contribution in [0.5, 0.6) is 0 Å². The lowest BCUT2D eigenvalue weighted by Crippen LogP contribution is -2.53. The molecule has 1 saturated carbocycles. The SMILES string of the molecule is CC1CN(CC2(C(O[SiH](C)C)C(C)(C)C)CC2)CCN1. The van der Waals surface area contributed by atoms with Crippen LogP contribution in [0.4, 0.5) is 0 Å². The molecule has 0 aromatic carbocycles. The Morgan fingerprint density at radius 2 is 2.00 bits per heavy atom. The van der Waals surface area contributed by atoms with Crippen molar-refractivity contribution in [1.29, 1.82) is 0 Å². The standard InChI is InChI=1S/C16H34N2OSi/c1-13-11-18(10-9-17-13)12-16(7-8-16)14(15(2,3)4)19-20(5)6/h13-14,17,20H,7-12H2,1-6H3. The van der Waals surface area contributed by atoms with Crippen molar-refractivity contribution in [3.05, 3.63) is 0 Å². The summed E-state index contributed by atoms with van der Waals surface area (Å²) >= 11 is 0. The average Bonchev–Trinajstić information content (AvgIpc) is 3.05. The molecule has 2 fully saturated rings. The molecule has 0 aromatic heterocycles. The predicted octanol–water partition coefficient (Wildman–Crippen LogP) is 2.47. The molecule has 20 heavy (non-hydrogen) atoms. The quantitative estimate of drug-likeness (QED) is 0.789. The molecular formula is C16H34N2OSi. The summed E-state index contributed by atoms with van der Waals surface area (Å²) in [6.07, 6.45) is 3.15. The summed E-state index contributed by atoms with van der Waals surface area (Å²) in [4.78, 5) is 2.66. The van der Waals surface area contributed by atoms with Crippen LogP contribution in [0.2, 0.25) is 13.1 Å². The molecule has 1 N–H and O–H groups in total. The van der Waals surface area contributed by atoms with E-state index in [1.807, 2.05) is 0 Å². The maximum Gasteiger partial charge on any atom is 0.171 e. The summed E-state index contributed by atoms with van der Waals surface area (Å²) in [6, 6.07) is 0.632. The second kappa shape index (κ2) is 6.07. The molecule has 0 spiro atoms. The topological polar surface area (TPSA) is 24.5 Å². The van der Waals surface area contributed by atoms with E-state index in [1.165, 1.54) is 32.5 Å². The monoisotopic (exact) mass is 298 g/mol. The molecule has 1 aliphatic heterocycles. The van der Waals surface area contributed by atoms with Gasteiger partial charge in [-0.2, -0.15) is 0 Å². The minimum absolute atomic E-state index is 0.257. The van der Waals surface area contributed by atoms with Crippen LogP contribution in [0.15, 0.2) is 0 Å². The van der Waals surface area contributed by atoms with Gasteiger partial charge in [-0.25, -0.2) is 0 Å². The van der Waals surface area contributed by atoms with Crippen LogP contribution in [0.3, 0.4) is 0 Å². The van der Waals surface area contributed by atoms with Crippen molar-refractivity contribution in [3.8, 4) is 0 Å². The Kier molecular flexibility index (Phi) is 5.00. The molecule has 0 radical (unpaired) electrons. The first-order valence-electron chi connectivity index (χ1n) is 8.34. The predicted molar refractivity (Wildman–Crippen MR) is 88.8 cm³/mol. The second-order valence-electron chi connectivity index (χ2n) is 8.38.